The van der Waals surface area contributed by atoms with Crippen molar-refractivity contribution in [1.82, 2.24) is 9.80 Å². The number of carbonyl (C=O) groups excluding carboxylic acids is 2. The molecule has 1 amide bonds. The van der Waals surface area contributed by atoms with Gasteiger partial charge < -0.3 is 24.4 Å². The summed E-state index contributed by atoms with van der Waals surface area (Å²) in [6.45, 7) is 3.14. The first-order chi connectivity index (χ1) is 15.5. The van der Waals surface area contributed by atoms with Crippen LogP contribution in [0.1, 0.15) is 30.0 Å². The van der Waals surface area contributed by atoms with E-state index in [1.807, 2.05) is 6.07 Å². The van der Waals surface area contributed by atoms with E-state index in [0.29, 0.717) is 40.7 Å². The Morgan fingerprint density at radius 3 is 2.59 bits per heavy atom. The van der Waals surface area contributed by atoms with Crippen molar-refractivity contribution < 1.29 is 24.2 Å². The molecule has 1 atom stereocenters. The van der Waals surface area contributed by atoms with E-state index >= 15 is 0 Å². The van der Waals surface area contributed by atoms with Crippen LogP contribution in [0.3, 0.4) is 0 Å². The average Bonchev–Trinajstić information content (AvgIpc) is 3.52. The van der Waals surface area contributed by atoms with Gasteiger partial charge in [-0.1, -0.05) is 23.7 Å². The van der Waals surface area contributed by atoms with E-state index in [-0.39, 0.29) is 18.1 Å². The third kappa shape index (κ3) is 3.72. The topological polar surface area (TPSA) is 79.3 Å². The van der Waals surface area contributed by atoms with Crippen LogP contribution >= 0.6 is 11.6 Å². The molecule has 2 aromatic carbocycles. The first-order valence-corrected chi connectivity index (χ1v) is 11.1. The summed E-state index contributed by atoms with van der Waals surface area (Å²) in [5, 5.41) is 11.7. The Hall–Kier alpha value is -3.03. The van der Waals surface area contributed by atoms with E-state index in [4.69, 9.17) is 21.1 Å². The lowest BCUT2D eigenvalue weighted by molar-refractivity contribution is -0.140. The van der Waals surface area contributed by atoms with Crippen LogP contribution in [0.15, 0.2) is 48.0 Å². The van der Waals surface area contributed by atoms with Gasteiger partial charge in [-0.3, -0.25) is 9.59 Å². The highest BCUT2D eigenvalue weighted by Gasteiger charge is 2.46. The van der Waals surface area contributed by atoms with Gasteiger partial charge in [-0.15, -0.1) is 0 Å². The maximum Gasteiger partial charge on any atom is 0.295 e. The minimum atomic E-state index is -0.721. The molecule has 3 heterocycles. The summed E-state index contributed by atoms with van der Waals surface area (Å²) in [5.41, 5.74) is 1.12. The minimum Gasteiger partial charge on any atom is -0.507 e. The Morgan fingerprint density at radius 2 is 1.81 bits per heavy atom. The first-order valence-electron chi connectivity index (χ1n) is 10.7. The number of Topliss-reactive ketones (excluding diaryl/α,β-unsaturated/α-hetero) is 1. The van der Waals surface area contributed by atoms with Crippen LogP contribution in [0.4, 0.5) is 0 Å². The standard InChI is InChI=1S/C24H23ClN2O5/c25-17-5-3-4-15(12-17)21-20(22(28)16-6-7-18-19(13-16)32-14-31-18)23(29)24(30)27(21)11-10-26-8-1-2-9-26/h3-7,12-13,21,28H,1-2,8-11,14H2/b22-20+. The third-order valence-electron chi connectivity index (χ3n) is 6.21. The van der Waals surface area contributed by atoms with Gasteiger partial charge in [0.25, 0.3) is 11.7 Å². The Kier molecular flexibility index (Phi) is 5.53. The van der Waals surface area contributed by atoms with Crippen molar-refractivity contribution in [3.63, 3.8) is 0 Å². The molecule has 0 spiro atoms. The van der Waals surface area contributed by atoms with Gasteiger partial charge in [0.05, 0.1) is 11.6 Å². The zero-order valence-corrected chi connectivity index (χ0v) is 18.2. The number of likely N-dealkylation sites (tertiary alicyclic amines) is 2. The number of fused-ring (bicyclic) bond motifs is 1. The van der Waals surface area contributed by atoms with Crippen LogP contribution in [-0.4, -0.2) is 59.6 Å². The number of benzene rings is 2. The van der Waals surface area contributed by atoms with Gasteiger partial charge in [0, 0.05) is 23.7 Å². The van der Waals surface area contributed by atoms with Gasteiger partial charge in [-0.2, -0.15) is 0 Å². The normalized spacial score (nSPS) is 22.2. The van der Waals surface area contributed by atoms with E-state index in [2.05, 4.69) is 4.90 Å². The van der Waals surface area contributed by atoms with Gasteiger partial charge in [-0.25, -0.2) is 0 Å². The van der Waals surface area contributed by atoms with Crippen LogP contribution in [0.25, 0.3) is 5.76 Å². The molecule has 0 aliphatic carbocycles. The van der Waals surface area contributed by atoms with Gasteiger partial charge >= 0.3 is 0 Å². The highest BCUT2D eigenvalue weighted by atomic mass is 35.5. The molecule has 2 fully saturated rings. The lowest BCUT2D eigenvalue weighted by Gasteiger charge is -2.27. The number of hydrogen-bond donors (Lipinski definition) is 1. The number of halogens is 1. The Morgan fingerprint density at radius 1 is 1.03 bits per heavy atom. The fraction of sp³-hybridized carbons (Fsp3) is 0.333. The zero-order chi connectivity index (χ0) is 22.2. The Balaban J connectivity index is 1.56. The smallest absolute Gasteiger partial charge is 0.295 e. The van der Waals surface area contributed by atoms with Crippen LogP contribution < -0.4 is 9.47 Å². The van der Waals surface area contributed by atoms with Gasteiger partial charge in [0.1, 0.15) is 5.76 Å². The lowest BCUT2D eigenvalue weighted by Crippen LogP contribution is -2.37. The van der Waals surface area contributed by atoms with Crippen molar-refractivity contribution in [1.29, 1.82) is 0 Å². The minimum absolute atomic E-state index is 0.0533. The number of aliphatic hydroxyl groups excluding tert-OH is 1. The van der Waals surface area contributed by atoms with Crippen molar-refractivity contribution in [2.75, 3.05) is 33.0 Å². The molecule has 0 bridgehead atoms. The molecule has 7 nitrogen and oxygen atoms in total. The van der Waals surface area contributed by atoms with Gasteiger partial charge in [-0.05, 0) is 61.8 Å². The van der Waals surface area contributed by atoms with Crippen LogP contribution in [0.5, 0.6) is 11.5 Å². The molecular formula is C24H23ClN2O5. The number of carbonyl (C=O) groups is 2. The van der Waals surface area contributed by atoms with Crippen LogP contribution in [0.2, 0.25) is 5.02 Å². The van der Waals surface area contributed by atoms with E-state index in [0.717, 1.165) is 25.9 Å². The predicted octanol–water partition coefficient (Wildman–Crippen LogP) is 3.59. The Labute approximate surface area is 190 Å². The molecular weight excluding hydrogens is 432 g/mol. The molecule has 3 aliphatic rings. The number of amides is 1. The summed E-state index contributed by atoms with van der Waals surface area (Å²) >= 11 is 6.23. The SMILES string of the molecule is O=C1C(=O)N(CCN2CCCC2)C(c2cccc(Cl)c2)/C1=C(\O)c1ccc2c(c1)OCO2. The van der Waals surface area contributed by atoms with Crippen molar-refractivity contribution in [3.05, 3.63) is 64.2 Å². The second-order valence-corrected chi connectivity index (χ2v) is 8.60. The predicted molar refractivity (Wildman–Crippen MR) is 119 cm³/mol. The van der Waals surface area contributed by atoms with Crippen molar-refractivity contribution in [2.24, 2.45) is 0 Å². The Bertz CT molecular complexity index is 1110. The fourth-order valence-electron chi connectivity index (χ4n) is 4.59. The van der Waals surface area contributed by atoms with Crippen LogP contribution in [-0.2, 0) is 9.59 Å². The van der Waals surface area contributed by atoms with E-state index in [9.17, 15) is 14.7 Å². The fourth-order valence-corrected chi connectivity index (χ4v) is 4.79. The number of ketones is 1. The number of ether oxygens (including phenoxy) is 2. The highest BCUT2D eigenvalue weighted by Crippen LogP contribution is 2.41. The summed E-state index contributed by atoms with van der Waals surface area (Å²) in [6.07, 6.45) is 2.28. The van der Waals surface area contributed by atoms with Crippen molar-refractivity contribution in [2.45, 2.75) is 18.9 Å². The molecule has 32 heavy (non-hydrogen) atoms. The molecule has 1 N–H and O–H groups in total. The summed E-state index contributed by atoms with van der Waals surface area (Å²) in [6, 6.07) is 11.3. The zero-order valence-electron chi connectivity index (χ0n) is 17.4. The van der Waals surface area contributed by atoms with Crippen molar-refractivity contribution in [3.8, 4) is 11.5 Å². The van der Waals surface area contributed by atoms with Gasteiger partial charge in [0.15, 0.2) is 11.5 Å². The van der Waals surface area contributed by atoms with Gasteiger partial charge in [0.2, 0.25) is 6.79 Å². The van der Waals surface area contributed by atoms with Crippen molar-refractivity contribution >= 4 is 29.1 Å². The number of aliphatic hydroxyl groups is 1. The van der Waals surface area contributed by atoms with E-state index in [1.165, 1.54) is 0 Å². The molecule has 2 aromatic rings. The lowest BCUT2D eigenvalue weighted by atomic mass is 9.95. The number of hydrogen-bond acceptors (Lipinski definition) is 6. The van der Waals surface area contributed by atoms with Crippen LogP contribution in [0, 0.1) is 0 Å². The maximum absolute atomic E-state index is 13.1. The quantitative estimate of drug-likeness (QED) is 0.422. The third-order valence-corrected chi connectivity index (χ3v) is 6.44. The summed E-state index contributed by atoms with van der Waals surface area (Å²) in [7, 11) is 0. The van der Waals surface area contributed by atoms with E-state index in [1.54, 1.807) is 41.3 Å². The molecule has 3 aliphatic heterocycles. The monoisotopic (exact) mass is 454 g/mol. The summed E-state index contributed by atoms with van der Waals surface area (Å²) in [4.78, 5) is 30.0. The summed E-state index contributed by atoms with van der Waals surface area (Å²) in [5.74, 6) is -0.506. The molecule has 8 heteroatoms. The molecule has 0 radical (unpaired) electrons. The second kappa shape index (κ2) is 8.48. The highest BCUT2D eigenvalue weighted by molar-refractivity contribution is 6.46. The van der Waals surface area contributed by atoms with E-state index < -0.39 is 17.7 Å². The molecule has 0 saturated carbocycles. The second-order valence-electron chi connectivity index (χ2n) is 8.16. The largest absolute Gasteiger partial charge is 0.507 e. The average molecular weight is 455 g/mol. The maximum atomic E-state index is 13.1. The molecule has 5 rings (SSSR count). The molecule has 0 aromatic heterocycles. The molecule has 2 saturated heterocycles. The number of rotatable bonds is 5. The molecule has 1 unspecified atom stereocenters. The summed E-state index contributed by atoms with van der Waals surface area (Å²) < 4.78 is 10.7. The first kappa shape index (κ1) is 20.8. The molecule has 166 valence electrons. The number of nitrogens with zero attached hydrogens (tertiary/aromatic N) is 2.